The first-order valence-corrected chi connectivity index (χ1v) is 3.68. The molecule has 1 aromatic rings. The predicted molar refractivity (Wildman–Crippen MR) is 44.7 cm³/mol. The Morgan fingerprint density at radius 2 is 1.92 bits per heavy atom. The number of hydrogen-bond acceptors (Lipinski definition) is 1. The molecule has 1 rings (SSSR count). The number of hydrogen-bond donors (Lipinski definition) is 1. The van der Waals surface area contributed by atoms with Crippen LogP contribution in [0.5, 0.6) is 0 Å². The quantitative estimate of drug-likeness (QED) is 0.706. The Morgan fingerprint density at radius 1 is 1.33 bits per heavy atom. The van der Waals surface area contributed by atoms with Crippen LogP contribution in [0, 0.1) is 0 Å². The zero-order valence-corrected chi connectivity index (χ0v) is 6.89. The molecule has 0 aliphatic carbocycles. The lowest BCUT2D eigenvalue weighted by molar-refractivity contribution is 0.107. The molecule has 0 amide bonds. The van der Waals surface area contributed by atoms with Gasteiger partial charge in [0.05, 0.1) is 0 Å². The average molecular weight is 188 g/mol. The van der Waals surface area contributed by atoms with Gasteiger partial charge in [-0.15, -0.1) is 12.6 Å². The van der Waals surface area contributed by atoms with Crippen molar-refractivity contribution in [2.24, 2.45) is 0 Å². The molecule has 1 aromatic carbocycles. The van der Waals surface area contributed by atoms with Crippen LogP contribution >= 0.6 is 12.6 Å². The van der Waals surface area contributed by atoms with Crippen molar-refractivity contribution < 1.29 is 13.6 Å². The monoisotopic (exact) mass is 188 g/mol. The molecule has 0 N–H and O–H groups in total. The molecule has 64 valence electrons. The van der Waals surface area contributed by atoms with Gasteiger partial charge >= 0.3 is 0 Å². The third-order valence-corrected chi connectivity index (χ3v) is 1.67. The van der Waals surface area contributed by atoms with Gasteiger partial charge in [-0.05, 0) is 0 Å². The Balaban J connectivity index is 3.17. The Morgan fingerprint density at radius 3 is 2.33 bits per heavy atom. The second-order valence-electron chi connectivity index (χ2n) is 2.19. The van der Waals surface area contributed by atoms with E-state index in [4.69, 9.17) is 0 Å². The largest absolute Gasteiger partial charge is 0.282 e. The van der Waals surface area contributed by atoms with Gasteiger partial charge in [-0.3, -0.25) is 4.79 Å². The van der Waals surface area contributed by atoms with Gasteiger partial charge in [0.2, 0.25) is 5.12 Å². The van der Waals surface area contributed by atoms with Crippen LogP contribution < -0.4 is 0 Å². The number of rotatable bonds is 2. The molecule has 0 unspecified atom stereocenters. The minimum absolute atomic E-state index is 0.0316. The summed E-state index contributed by atoms with van der Waals surface area (Å²) in [5.74, 6) is 0. The maximum absolute atomic E-state index is 12.2. The molecule has 0 aliphatic rings. The maximum atomic E-state index is 12.2. The highest BCUT2D eigenvalue weighted by atomic mass is 32.1. The van der Waals surface area contributed by atoms with E-state index in [-0.39, 0.29) is 11.1 Å². The van der Waals surface area contributed by atoms with E-state index in [1.807, 2.05) is 0 Å². The normalized spacial score (nSPS) is 10.3. The molecule has 4 heteroatoms. The van der Waals surface area contributed by atoms with Crippen LogP contribution in [0.25, 0.3) is 0 Å². The minimum atomic E-state index is -2.63. The van der Waals surface area contributed by atoms with E-state index in [0.717, 1.165) is 0 Å². The molecule has 0 saturated carbocycles. The van der Waals surface area contributed by atoms with Crippen molar-refractivity contribution in [2.45, 2.75) is 6.43 Å². The number of alkyl halides is 2. The lowest BCUT2D eigenvalue weighted by atomic mass is 10.1. The fourth-order valence-electron chi connectivity index (χ4n) is 0.882. The van der Waals surface area contributed by atoms with E-state index in [1.165, 1.54) is 24.3 Å². The topological polar surface area (TPSA) is 17.1 Å². The van der Waals surface area contributed by atoms with Crippen molar-refractivity contribution in [1.82, 2.24) is 0 Å². The molecule has 0 saturated heterocycles. The van der Waals surface area contributed by atoms with Crippen LogP contribution in [0.2, 0.25) is 0 Å². The Hall–Kier alpha value is -0.900. The van der Waals surface area contributed by atoms with Crippen molar-refractivity contribution in [3.8, 4) is 0 Å². The van der Waals surface area contributed by atoms with E-state index >= 15 is 0 Å². The Labute approximate surface area is 73.8 Å². The van der Waals surface area contributed by atoms with E-state index in [2.05, 4.69) is 12.6 Å². The third-order valence-electron chi connectivity index (χ3n) is 1.43. The van der Waals surface area contributed by atoms with Crippen molar-refractivity contribution in [2.75, 3.05) is 0 Å². The molecule has 0 atom stereocenters. The van der Waals surface area contributed by atoms with Crippen molar-refractivity contribution in [1.29, 1.82) is 0 Å². The van der Waals surface area contributed by atoms with E-state index in [0.29, 0.717) is 0 Å². The fraction of sp³-hybridized carbons (Fsp3) is 0.125. The number of benzene rings is 1. The summed E-state index contributed by atoms with van der Waals surface area (Å²) < 4.78 is 24.4. The van der Waals surface area contributed by atoms with Crippen LogP contribution in [-0.2, 0) is 0 Å². The third kappa shape index (κ3) is 1.82. The van der Waals surface area contributed by atoms with Crippen LogP contribution in [0.15, 0.2) is 24.3 Å². The summed E-state index contributed by atoms with van der Waals surface area (Å²) in [7, 11) is 0. The number of carbonyl (C=O) groups excluding carboxylic acids is 1. The van der Waals surface area contributed by atoms with Gasteiger partial charge in [0.15, 0.2) is 0 Å². The SMILES string of the molecule is O=C(S)c1ccccc1C(F)F. The first kappa shape index (κ1) is 9.19. The first-order chi connectivity index (χ1) is 5.63. The van der Waals surface area contributed by atoms with Crippen LogP contribution in [0.1, 0.15) is 22.3 Å². The highest BCUT2D eigenvalue weighted by molar-refractivity contribution is 7.97. The summed E-state index contributed by atoms with van der Waals surface area (Å²) in [6.07, 6.45) is -2.63. The molecule has 0 heterocycles. The van der Waals surface area contributed by atoms with Gasteiger partial charge in [0, 0.05) is 11.1 Å². The molecule has 0 aliphatic heterocycles. The van der Waals surface area contributed by atoms with Gasteiger partial charge in [-0.2, -0.15) is 0 Å². The zero-order valence-electron chi connectivity index (χ0n) is 6.00. The van der Waals surface area contributed by atoms with Gasteiger partial charge < -0.3 is 0 Å². The molecule has 12 heavy (non-hydrogen) atoms. The highest BCUT2D eigenvalue weighted by Crippen LogP contribution is 2.23. The van der Waals surface area contributed by atoms with Gasteiger partial charge in [-0.25, -0.2) is 8.78 Å². The summed E-state index contributed by atoms with van der Waals surface area (Å²) in [4.78, 5) is 10.7. The molecule has 0 bridgehead atoms. The molecule has 0 spiro atoms. The minimum Gasteiger partial charge on any atom is -0.282 e. The molecule has 0 radical (unpaired) electrons. The molecule has 0 fully saturated rings. The van der Waals surface area contributed by atoms with Crippen molar-refractivity contribution in [3.05, 3.63) is 35.4 Å². The lowest BCUT2D eigenvalue weighted by Crippen LogP contribution is -1.97. The van der Waals surface area contributed by atoms with E-state index in [1.54, 1.807) is 0 Å². The lowest BCUT2D eigenvalue weighted by Gasteiger charge is -2.03. The molecule has 0 aromatic heterocycles. The maximum Gasteiger partial charge on any atom is 0.264 e. The number of thiol groups is 1. The van der Waals surface area contributed by atoms with E-state index in [9.17, 15) is 13.6 Å². The standard InChI is InChI=1S/C8H6F2OS/c9-7(10)5-3-1-2-4-6(5)8(11)12/h1-4,7H,(H,11,12). The number of halogens is 2. The molecule has 1 nitrogen and oxygen atoms in total. The zero-order chi connectivity index (χ0) is 9.14. The second-order valence-corrected chi connectivity index (χ2v) is 2.60. The smallest absolute Gasteiger partial charge is 0.264 e. The fourth-order valence-corrected chi connectivity index (χ4v) is 1.09. The first-order valence-electron chi connectivity index (χ1n) is 3.23. The summed E-state index contributed by atoms with van der Waals surface area (Å²) in [5, 5.41) is -0.633. The van der Waals surface area contributed by atoms with Gasteiger partial charge in [-0.1, -0.05) is 24.3 Å². The number of carbonyl (C=O) groups is 1. The predicted octanol–water partition coefficient (Wildman–Crippen LogP) is 2.69. The Kier molecular flexibility index (Phi) is 2.81. The molecular weight excluding hydrogens is 182 g/mol. The average Bonchev–Trinajstić information content (AvgIpc) is 2.04. The van der Waals surface area contributed by atoms with Gasteiger partial charge in [0.1, 0.15) is 0 Å². The highest BCUT2D eigenvalue weighted by Gasteiger charge is 2.14. The van der Waals surface area contributed by atoms with Crippen molar-refractivity contribution in [3.63, 3.8) is 0 Å². The summed E-state index contributed by atoms with van der Waals surface area (Å²) >= 11 is 3.48. The summed E-state index contributed by atoms with van der Waals surface area (Å²) in [5.41, 5.74) is -0.298. The van der Waals surface area contributed by atoms with Crippen LogP contribution in [0.4, 0.5) is 8.78 Å². The molecular formula is C8H6F2OS. The van der Waals surface area contributed by atoms with Gasteiger partial charge in [0.25, 0.3) is 6.43 Å². The van der Waals surface area contributed by atoms with Crippen LogP contribution in [-0.4, -0.2) is 5.12 Å². The second kappa shape index (κ2) is 3.67. The van der Waals surface area contributed by atoms with Crippen LogP contribution in [0.3, 0.4) is 0 Å². The Bertz CT molecular complexity index is 299. The van der Waals surface area contributed by atoms with Crippen molar-refractivity contribution >= 4 is 17.7 Å². The summed E-state index contributed by atoms with van der Waals surface area (Å²) in [6, 6.07) is 5.53. The summed E-state index contributed by atoms with van der Waals surface area (Å²) in [6.45, 7) is 0. The van der Waals surface area contributed by atoms with E-state index < -0.39 is 11.5 Å².